The molecule has 7 atom stereocenters. The van der Waals surface area contributed by atoms with E-state index in [1.807, 2.05) is 13.8 Å². The van der Waals surface area contributed by atoms with Crippen LogP contribution in [0.25, 0.3) is 11.2 Å². The van der Waals surface area contributed by atoms with Crippen LogP contribution < -0.4 is 35.9 Å². The summed E-state index contributed by atoms with van der Waals surface area (Å²) in [5.74, 6) is -0.962. The van der Waals surface area contributed by atoms with Crippen molar-refractivity contribution >= 4 is 69.1 Å². The zero-order valence-electron chi connectivity index (χ0n) is 29.2. The number of imidazole rings is 1. The maximum atomic E-state index is 12.5. The van der Waals surface area contributed by atoms with E-state index in [2.05, 4.69) is 43.5 Å². The van der Waals surface area contributed by atoms with E-state index < -0.39 is 84.6 Å². The number of nitrogens with zero attached hydrogens (tertiary/aromatic N) is 4. The highest BCUT2D eigenvalue weighted by atomic mass is 32.2. The molecule has 24 nitrogen and oxygen atoms in total. The van der Waals surface area contributed by atoms with E-state index in [1.54, 1.807) is 0 Å². The summed E-state index contributed by atoms with van der Waals surface area (Å²) in [6, 6.07) is 0. The summed E-state index contributed by atoms with van der Waals surface area (Å²) < 4.78 is 60.4. The van der Waals surface area contributed by atoms with Gasteiger partial charge in [0, 0.05) is 37.1 Å². The Labute approximate surface area is 312 Å². The number of hydrogen-bond acceptors (Lipinski definition) is 22. The molecule has 3 unspecified atom stereocenters. The van der Waals surface area contributed by atoms with Gasteiger partial charge in [-0.25, -0.2) is 19.3 Å². The minimum Gasteiger partial charge on any atom is -0.790 e. The van der Waals surface area contributed by atoms with Crippen molar-refractivity contribution in [2.75, 3.05) is 37.8 Å². The van der Waals surface area contributed by atoms with Gasteiger partial charge in [-0.3, -0.25) is 28.1 Å². The lowest BCUT2D eigenvalue weighted by atomic mass is 9.87. The van der Waals surface area contributed by atoms with E-state index in [-0.39, 0.29) is 47.5 Å². The van der Waals surface area contributed by atoms with Crippen LogP contribution in [0.2, 0.25) is 0 Å². The predicted octanol–water partition coefficient (Wildman–Crippen LogP) is -2.82. The third kappa shape index (κ3) is 13.9. The van der Waals surface area contributed by atoms with Gasteiger partial charge in [-0.2, -0.15) is 0 Å². The third-order valence-electron chi connectivity index (χ3n) is 7.32. The molecule has 1 saturated heterocycles. The van der Waals surface area contributed by atoms with Gasteiger partial charge in [0.05, 0.1) is 27.4 Å². The van der Waals surface area contributed by atoms with Crippen LogP contribution in [0.5, 0.6) is 0 Å². The predicted molar refractivity (Wildman–Crippen MR) is 178 cm³/mol. The molecule has 28 heteroatoms. The first-order valence-corrected chi connectivity index (χ1v) is 21.3. The molecular formula is C26H40N7O17P3S-4. The minimum absolute atomic E-state index is 0.000112. The number of nitrogen functional groups attached to an aromatic ring is 1. The molecular weight excluding hydrogens is 807 g/mol. The van der Waals surface area contributed by atoms with Crippen LogP contribution in [-0.2, 0) is 50.7 Å². The number of rotatable bonds is 21. The number of fused-ring (bicyclic) bond motifs is 1. The Morgan fingerprint density at radius 1 is 1.07 bits per heavy atom. The van der Waals surface area contributed by atoms with Crippen molar-refractivity contribution in [3.63, 3.8) is 0 Å². The van der Waals surface area contributed by atoms with Crippen LogP contribution in [0.3, 0.4) is 0 Å². The van der Waals surface area contributed by atoms with E-state index in [9.17, 15) is 57.9 Å². The summed E-state index contributed by atoms with van der Waals surface area (Å²) in [5.41, 5.74) is 4.07. The van der Waals surface area contributed by atoms with Gasteiger partial charge in [0.1, 0.15) is 36.3 Å². The molecule has 0 spiro atoms. The SMILES string of the molecule is CC(C)CC(=O)SCCNC(=O)CCNC(=O)[C@@H](O)C(C)(C)COP(=O)([O-])OP(=O)([O-])OC[C@H]1O[C@@H](n2cnc3c(N)ncnc32)C(O)[C@H]1OP(=O)([O-])[O-]. The first-order chi connectivity index (χ1) is 24.9. The minimum atomic E-state index is -5.91. The Morgan fingerprint density at radius 3 is 2.39 bits per heavy atom. The topological polar surface area (TPSA) is 375 Å². The van der Waals surface area contributed by atoms with Gasteiger partial charge >= 0.3 is 0 Å². The van der Waals surface area contributed by atoms with Gasteiger partial charge in [-0.05, 0) is 5.92 Å². The third-order valence-corrected chi connectivity index (χ3v) is 11.2. The second-order valence-electron chi connectivity index (χ2n) is 12.8. The molecule has 0 aromatic carbocycles. The van der Waals surface area contributed by atoms with Gasteiger partial charge in [-0.1, -0.05) is 39.5 Å². The second kappa shape index (κ2) is 19.1. The number of phosphoric ester groups is 3. The van der Waals surface area contributed by atoms with Crippen molar-refractivity contribution in [3.05, 3.63) is 12.7 Å². The van der Waals surface area contributed by atoms with E-state index in [0.717, 1.165) is 29.0 Å². The van der Waals surface area contributed by atoms with Gasteiger partial charge in [0.15, 0.2) is 22.8 Å². The molecule has 1 fully saturated rings. The summed E-state index contributed by atoms with van der Waals surface area (Å²) in [6.07, 6.45) is -7.15. The first-order valence-electron chi connectivity index (χ1n) is 15.9. The number of aliphatic hydroxyl groups excluding tert-OH is 2. The van der Waals surface area contributed by atoms with Crippen molar-refractivity contribution in [2.24, 2.45) is 11.3 Å². The standard InChI is InChI=1S/C26H44N7O17P3S/c1-14(2)9-17(35)54-8-7-28-16(34)5-6-29-24(38)21(37)26(3,4)11-47-53(44,45)50-52(42,43)46-10-15-20(49-51(39,40)41)19(36)25(48-15)33-13-32-18-22(27)30-12-31-23(18)33/h12-15,19-21,25,36-37H,5-11H2,1-4H3,(H,28,34)(H,29,38)(H,42,43)(H,44,45)(H2,27,30,31)(H2,39,40,41)/p-4/t15-,19?,20+,21-,25-/m1/s1. The maximum Gasteiger partial charge on any atom is 0.274 e. The summed E-state index contributed by atoms with van der Waals surface area (Å²) in [6.45, 7) is 3.95. The molecule has 2 aromatic rings. The number of carbonyl (C=O) groups excluding carboxylic acids is 3. The number of nitrogens with one attached hydrogen (secondary N) is 2. The van der Waals surface area contributed by atoms with Crippen LogP contribution in [0.1, 0.15) is 46.8 Å². The Kier molecular flexibility index (Phi) is 16.3. The Hall–Kier alpha value is -2.44. The zero-order chi connectivity index (χ0) is 40.6. The Morgan fingerprint density at radius 2 is 1.74 bits per heavy atom. The van der Waals surface area contributed by atoms with Crippen molar-refractivity contribution in [1.29, 1.82) is 0 Å². The number of aromatic nitrogens is 4. The highest BCUT2D eigenvalue weighted by Crippen LogP contribution is 2.56. The number of ether oxygens (including phenoxy) is 1. The largest absolute Gasteiger partial charge is 0.790 e. The lowest BCUT2D eigenvalue weighted by Gasteiger charge is -2.36. The number of anilines is 1. The smallest absolute Gasteiger partial charge is 0.274 e. The van der Waals surface area contributed by atoms with Crippen molar-refractivity contribution in [1.82, 2.24) is 30.2 Å². The van der Waals surface area contributed by atoms with E-state index >= 15 is 0 Å². The molecule has 306 valence electrons. The number of aliphatic hydroxyl groups is 2. The maximum absolute atomic E-state index is 12.5. The normalized spacial score (nSPS) is 22.1. The molecule has 54 heavy (non-hydrogen) atoms. The van der Waals surface area contributed by atoms with E-state index in [0.29, 0.717) is 12.2 Å². The first kappa shape index (κ1) is 45.9. The molecule has 0 radical (unpaired) electrons. The number of nitrogens with two attached hydrogens (primary N) is 1. The fraction of sp³-hybridized carbons (Fsp3) is 0.692. The van der Waals surface area contributed by atoms with Crippen LogP contribution in [0, 0.1) is 11.3 Å². The fourth-order valence-electron chi connectivity index (χ4n) is 4.66. The highest BCUT2D eigenvalue weighted by Gasteiger charge is 2.47. The molecule has 0 saturated carbocycles. The van der Waals surface area contributed by atoms with Gasteiger partial charge in [-0.15, -0.1) is 0 Å². The summed E-state index contributed by atoms with van der Waals surface area (Å²) in [5, 5.41) is 26.1. The van der Waals surface area contributed by atoms with Crippen LogP contribution in [0.4, 0.5) is 5.82 Å². The quantitative estimate of drug-likeness (QED) is 0.0625. The summed E-state index contributed by atoms with van der Waals surface area (Å²) in [7, 11) is -17.6. The molecule has 1 aliphatic rings. The lowest BCUT2D eigenvalue weighted by molar-refractivity contribution is -0.347. The van der Waals surface area contributed by atoms with Gasteiger partial charge in [0.2, 0.25) is 11.8 Å². The van der Waals surface area contributed by atoms with E-state index in [1.165, 1.54) is 13.8 Å². The molecule has 3 rings (SSSR count). The van der Waals surface area contributed by atoms with Crippen LogP contribution >= 0.6 is 35.2 Å². The van der Waals surface area contributed by atoms with Crippen molar-refractivity contribution in [3.8, 4) is 0 Å². The molecule has 3 heterocycles. The van der Waals surface area contributed by atoms with Crippen molar-refractivity contribution in [2.45, 2.75) is 71.2 Å². The molecule has 0 bridgehead atoms. The van der Waals surface area contributed by atoms with Crippen molar-refractivity contribution < 1.29 is 80.5 Å². The molecule has 2 aromatic heterocycles. The number of phosphoric acid groups is 3. The number of carbonyl (C=O) groups is 3. The highest BCUT2D eigenvalue weighted by molar-refractivity contribution is 8.13. The zero-order valence-corrected chi connectivity index (χ0v) is 32.7. The Balaban J connectivity index is 1.51. The number of amides is 2. The fourth-order valence-corrected chi connectivity index (χ4v) is 8.28. The number of thioether (sulfide) groups is 1. The van der Waals surface area contributed by atoms with Gasteiger partial charge in [0.25, 0.3) is 15.6 Å². The van der Waals surface area contributed by atoms with E-state index in [4.69, 9.17) is 10.5 Å². The van der Waals surface area contributed by atoms with Gasteiger partial charge < -0.3 is 69.0 Å². The summed E-state index contributed by atoms with van der Waals surface area (Å²) in [4.78, 5) is 95.5. The molecule has 1 aliphatic heterocycles. The monoisotopic (exact) mass is 847 g/mol. The lowest BCUT2D eigenvalue weighted by Crippen LogP contribution is -2.46. The van der Waals surface area contributed by atoms with Crippen LogP contribution in [0.15, 0.2) is 12.7 Å². The Bertz CT molecular complexity index is 1780. The molecule has 2 amide bonds. The number of hydrogen-bond donors (Lipinski definition) is 5. The molecule has 0 aliphatic carbocycles. The van der Waals surface area contributed by atoms with Crippen LogP contribution in [-0.4, -0.2) is 103 Å². The average Bonchev–Trinajstić information content (AvgIpc) is 3.60. The average molecular weight is 848 g/mol. The molecule has 6 N–H and O–H groups in total. The summed E-state index contributed by atoms with van der Waals surface area (Å²) >= 11 is 1.09. The second-order valence-corrected chi connectivity index (χ2v) is 18.0.